The lowest BCUT2D eigenvalue weighted by Crippen LogP contribution is -1.66. The lowest BCUT2D eigenvalue weighted by atomic mass is 15.8. The molecule has 7 heavy (non-hydrogen) atoms. The van der Waals surface area contributed by atoms with E-state index in [2.05, 4.69) is 0 Å². The molecule has 0 saturated carbocycles. The van der Waals surface area contributed by atoms with Gasteiger partial charge < -0.3 is 14.7 Å². The summed E-state index contributed by atoms with van der Waals surface area (Å²) in [4.78, 5) is 21.6. The molecule has 0 atom stereocenters. The summed E-state index contributed by atoms with van der Waals surface area (Å²) in [5.41, 5.74) is 0. The van der Waals surface area contributed by atoms with Gasteiger partial charge in [-0.1, -0.05) is 0 Å². The van der Waals surface area contributed by atoms with Crippen LogP contribution >= 0.6 is 55.8 Å². The van der Waals surface area contributed by atoms with E-state index in [1.165, 1.54) is 0 Å². The van der Waals surface area contributed by atoms with E-state index in [9.17, 15) is 0 Å². The molecule has 0 spiro atoms. The molecule has 7 heteroatoms. The maximum Gasteiger partial charge on any atom is 0.466 e. The molecule has 0 radical (unpaired) electrons. The topological polar surface area (TPSA) is 77.8 Å². The number of phosphoric acid groups is 1. The fourth-order valence-corrected chi connectivity index (χ4v) is 0. The van der Waals surface area contributed by atoms with Gasteiger partial charge in [0.25, 0.3) is 0 Å². The van der Waals surface area contributed by atoms with E-state index in [4.69, 9.17) is 19.2 Å². The minimum atomic E-state index is -4.64. The van der Waals surface area contributed by atoms with Crippen LogP contribution in [0.2, 0.25) is 0 Å². The summed E-state index contributed by atoms with van der Waals surface area (Å²) in [6, 6.07) is 0. The predicted octanol–water partition coefficient (Wildman–Crippen LogP) is 0.307. The zero-order valence-electron chi connectivity index (χ0n) is 3.01. The first-order valence-electron chi connectivity index (χ1n) is 0.783. The van der Waals surface area contributed by atoms with Gasteiger partial charge in [0.05, 0.1) is 0 Å². The summed E-state index contributed by atoms with van der Waals surface area (Å²) in [6.07, 6.45) is 0. The number of hydrogen-bond donors (Lipinski definition) is 3. The molecule has 4 nitrogen and oxygen atoms in total. The Morgan fingerprint density at radius 1 is 1.00 bits per heavy atom. The molecule has 0 fully saturated rings. The minimum absolute atomic E-state index is 0. The largest absolute Gasteiger partial charge is 0.466 e. The average molecular weight is 354 g/mol. The lowest BCUT2D eigenvalue weighted by molar-refractivity contribution is 0.275. The van der Waals surface area contributed by atoms with Gasteiger partial charge in [-0.2, -0.15) is 0 Å². The molecule has 0 aliphatic heterocycles. The molecule has 0 aromatic heterocycles. The van der Waals surface area contributed by atoms with E-state index in [-0.39, 0.29) is 48.0 Å². The van der Waals surface area contributed by atoms with Gasteiger partial charge in [0, 0.05) is 0 Å². The first kappa shape index (κ1) is 15.8. The maximum absolute atomic E-state index is 8.88. The van der Waals surface area contributed by atoms with E-state index >= 15 is 0 Å². The van der Waals surface area contributed by atoms with Gasteiger partial charge in [-0.15, -0.1) is 48.0 Å². The smallest absolute Gasteiger partial charge is 0.303 e. The van der Waals surface area contributed by atoms with Crippen LogP contribution in [0, 0.1) is 0 Å². The van der Waals surface area contributed by atoms with Crippen LogP contribution in [0.1, 0.15) is 0 Å². The van der Waals surface area contributed by atoms with Gasteiger partial charge >= 0.3 is 7.82 Å². The van der Waals surface area contributed by atoms with Crippen molar-refractivity contribution in [2.75, 3.05) is 0 Å². The molecule has 0 aromatic rings. The Kier molecular flexibility index (Phi) is 12.9. The summed E-state index contributed by atoms with van der Waals surface area (Å²) in [6.45, 7) is 0. The van der Waals surface area contributed by atoms with Crippen LogP contribution in [0.15, 0.2) is 0 Å². The standard InChI is InChI=1S/2HI.H3O4P/c;;1-5(2,3)4/h2*1H;(H3,1,2,3,4). The summed E-state index contributed by atoms with van der Waals surface area (Å²) in [7, 11) is -4.64. The van der Waals surface area contributed by atoms with Gasteiger partial charge in [-0.25, -0.2) is 4.57 Å². The van der Waals surface area contributed by atoms with Crippen molar-refractivity contribution in [1.29, 1.82) is 0 Å². The summed E-state index contributed by atoms with van der Waals surface area (Å²) < 4.78 is 8.88. The molecule has 0 bridgehead atoms. The van der Waals surface area contributed by atoms with Crippen molar-refractivity contribution in [2.45, 2.75) is 0 Å². The molecule has 0 saturated heterocycles. The zero-order valence-corrected chi connectivity index (χ0v) is 8.57. The van der Waals surface area contributed by atoms with E-state index < -0.39 is 7.82 Å². The fraction of sp³-hybridized carbons (Fsp3) is 0. The van der Waals surface area contributed by atoms with Crippen LogP contribution in [0.5, 0.6) is 0 Å². The Morgan fingerprint density at radius 2 is 1.00 bits per heavy atom. The van der Waals surface area contributed by atoms with Crippen molar-refractivity contribution >= 4 is 55.8 Å². The second-order valence-corrected chi connectivity index (χ2v) is 1.54. The minimum Gasteiger partial charge on any atom is -0.303 e. The van der Waals surface area contributed by atoms with Crippen molar-refractivity contribution in [3.8, 4) is 0 Å². The molecule has 0 unspecified atom stereocenters. The third kappa shape index (κ3) is 95.3. The first-order valence-corrected chi connectivity index (χ1v) is 2.35. The normalized spacial score (nSPS) is 8.43. The molecular weight excluding hydrogens is 349 g/mol. The van der Waals surface area contributed by atoms with Crippen molar-refractivity contribution in [3.63, 3.8) is 0 Å². The first-order chi connectivity index (χ1) is 2.00. The van der Waals surface area contributed by atoms with Crippen LogP contribution in [0.4, 0.5) is 0 Å². The van der Waals surface area contributed by atoms with Gasteiger partial charge in [0.1, 0.15) is 0 Å². The molecule has 0 aliphatic rings. The van der Waals surface area contributed by atoms with E-state index in [1.807, 2.05) is 0 Å². The SMILES string of the molecule is I.I.O=P(O)(O)O. The van der Waals surface area contributed by atoms with E-state index in [1.54, 1.807) is 0 Å². The zero-order chi connectivity index (χ0) is 4.50. The average Bonchev–Trinajstić information content (AvgIpc) is 0.722. The Balaban J connectivity index is -0.0000000800. The Hall–Kier alpha value is 1.57. The van der Waals surface area contributed by atoms with E-state index in [0.29, 0.717) is 0 Å². The number of rotatable bonds is 0. The highest BCUT2D eigenvalue weighted by Gasteiger charge is 2.00. The van der Waals surface area contributed by atoms with Crippen molar-refractivity contribution < 1.29 is 19.2 Å². The quantitative estimate of drug-likeness (QED) is 0.432. The highest BCUT2D eigenvalue weighted by Crippen LogP contribution is 2.25. The molecule has 0 heterocycles. The van der Waals surface area contributed by atoms with Crippen LogP contribution in [-0.2, 0) is 4.57 Å². The summed E-state index contributed by atoms with van der Waals surface area (Å²) in [5.74, 6) is 0. The van der Waals surface area contributed by atoms with Gasteiger partial charge in [0.15, 0.2) is 0 Å². The second kappa shape index (κ2) is 5.70. The van der Waals surface area contributed by atoms with Crippen LogP contribution in [0.3, 0.4) is 0 Å². The molecule has 0 rings (SSSR count). The summed E-state index contributed by atoms with van der Waals surface area (Å²) >= 11 is 0. The molecule has 0 amide bonds. The van der Waals surface area contributed by atoms with Crippen molar-refractivity contribution in [2.24, 2.45) is 0 Å². The van der Waals surface area contributed by atoms with Gasteiger partial charge in [-0.05, 0) is 0 Å². The lowest BCUT2D eigenvalue weighted by Gasteiger charge is -1.82. The monoisotopic (exact) mass is 354 g/mol. The maximum atomic E-state index is 8.88. The van der Waals surface area contributed by atoms with Crippen molar-refractivity contribution in [3.05, 3.63) is 0 Å². The molecule has 3 N–H and O–H groups in total. The Bertz CT molecular complexity index is 55.8. The summed E-state index contributed by atoms with van der Waals surface area (Å²) in [5, 5.41) is 0. The third-order valence-corrected chi connectivity index (χ3v) is 0. The van der Waals surface area contributed by atoms with Crippen LogP contribution in [-0.4, -0.2) is 14.7 Å². The van der Waals surface area contributed by atoms with Crippen LogP contribution in [0.25, 0.3) is 0 Å². The molecule has 0 aliphatic carbocycles. The van der Waals surface area contributed by atoms with E-state index in [0.717, 1.165) is 0 Å². The molecule has 0 aromatic carbocycles. The van der Waals surface area contributed by atoms with Crippen LogP contribution < -0.4 is 0 Å². The second-order valence-electron chi connectivity index (χ2n) is 0.513. The Labute approximate surface area is 74.6 Å². The third-order valence-electron chi connectivity index (χ3n) is 0. The number of hydrogen-bond acceptors (Lipinski definition) is 1. The Morgan fingerprint density at radius 3 is 1.00 bits per heavy atom. The molecular formula is H5I2O4P. The molecule has 48 valence electrons. The van der Waals surface area contributed by atoms with Gasteiger partial charge in [0.2, 0.25) is 0 Å². The van der Waals surface area contributed by atoms with Gasteiger partial charge in [-0.3, -0.25) is 0 Å². The number of halogens is 2. The highest BCUT2D eigenvalue weighted by atomic mass is 127. The fourth-order valence-electron chi connectivity index (χ4n) is 0. The van der Waals surface area contributed by atoms with Crippen molar-refractivity contribution in [1.82, 2.24) is 0 Å². The predicted molar refractivity (Wildman–Crippen MR) is 45.1 cm³/mol. The highest BCUT2D eigenvalue weighted by molar-refractivity contribution is 14.0.